The third kappa shape index (κ3) is 6.42. The van der Waals surface area contributed by atoms with Crippen molar-refractivity contribution in [2.75, 3.05) is 13.1 Å². The number of piperidine rings is 1. The number of aromatic nitrogens is 2. The molecule has 1 amide bonds. The molecule has 3 aromatic rings. The molecule has 0 spiro atoms. The summed E-state index contributed by atoms with van der Waals surface area (Å²) in [5.41, 5.74) is 2.02. The molecule has 0 saturated carbocycles. The van der Waals surface area contributed by atoms with Gasteiger partial charge in [0.1, 0.15) is 0 Å². The molecule has 2 heterocycles. The predicted molar refractivity (Wildman–Crippen MR) is 130 cm³/mol. The highest BCUT2D eigenvalue weighted by Gasteiger charge is 2.28. The SMILES string of the molecule is CC(C)CC(NC(=O)C1CCCN(Cc2nc(-c3ccc(Cl)cc3)no2)C1)c1ccccc1. The van der Waals surface area contributed by atoms with Crippen LogP contribution in [0.5, 0.6) is 0 Å². The largest absolute Gasteiger partial charge is 0.349 e. The molecule has 1 aliphatic heterocycles. The molecule has 1 N–H and O–H groups in total. The van der Waals surface area contributed by atoms with Crippen LogP contribution in [0.3, 0.4) is 0 Å². The summed E-state index contributed by atoms with van der Waals surface area (Å²) in [6, 6.07) is 17.6. The van der Waals surface area contributed by atoms with Gasteiger partial charge in [0.15, 0.2) is 0 Å². The molecular formula is C26H31ClN4O2. The van der Waals surface area contributed by atoms with Crippen molar-refractivity contribution >= 4 is 17.5 Å². The molecule has 174 valence electrons. The Labute approximate surface area is 200 Å². The van der Waals surface area contributed by atoms with Crippen molar-refractivity contribution in [2.24, 2.45) is 11.8 Å². The fraction of sp³-hybridized carbons (Fsp3) is 0.423. The maximum Gasteiger partial charge on any atom is 0.241 e. The van der Waals surface area contributed by atoms with Gasteiger partial charge in [-0.2, -0.15) is 4.98 Å². The third-order valence-corrected chi connectivity index (χ3v) is 6.28. The van der Waals surface area contributed by atoms with Crippen molar-refractivity contribution in [1.82, 2.24) is 20.4 Å². The molecule has 4 rings (SSSR count). The molecule has 1 fully saturated rings. The summed E-state index contributed by atoms with van der Waals surface area (Å²) in [5, 5.41) is 8.09. The van der Waals surface area contributed by atoms with E-state index >= 15 is 0 Å². The van der Waals surface area contributed by atoms with Crippen LogP contribution in [0.25, 0.3) is 11.4 Å². The van der Waals surface area contributed by atoms with Gasteiger partial charge in [-0.1, -0.05) is 60.9 Å². The normalized spacial score (nSPS) is 17.8. The number of benzene rings is 2. The first-order chi connectivity index (χ1) is 16.0. The van der Waals surface area contributed by atoms with Crippen molar-refractivity contribution < 1.29 is 9.32 Å². The first-order valence-corrected chi connectivity index (χ1v) is 12.0. The predicted octanol–water partition coefficient (Wildman–Crippen LogP) is 5.51. The number of hydrogen-bond acceptors (Lipinski definition) is 5. The van der Waals surface area contributed by atoms with Crippen molar-refractivity contribution in [3.05, 3.63) is 71.1 Å². The second-order valence-corrected chi connectivity index (χ2v) is 9.63. The van der Waals surface area contributed by atoms with Gasteiger partial charge < -0.3 is 9.84 Å². The monoisotopic (exact) mass is 466 g/mol. The maximum absolute atomic E-state index is 13.2. The Bertz CT molecular complexity index is 1040. The molecule has 0 aliphatic carbocycles. The summed E-state index contributed by atoms with van der Waals surface area (Å²) in [6.45, 7) is 6.52. The molecule has 7 heteroatoms. The number of nitrogens with one attached hydrogen (secondary N) is 1. The molecule has 0 radical (unpaired) electrons. The van der Waals surface area contributed by atoms with E-state index in [1.165, 1.54) is 0 Å². The fourth-order valence-electron chi connectivity index (χ4n) is 4.36. The number of rotatable bonds is 8. The third-order valence-electron chi connectivity index (χ3n) is 6.03. The summed E-state index contributed by atoms with van der Waals surface area (Å²) in [6.07, 6.45) is 2.78. The highest BCUT2D eigenvalue weighted by molar-refractivity contribution is 6.30. The van der Waals surface area contributed by atoms with Gasteiger partial charge in [-0.05, 0) is 61.6 Å². The number of hydrogen-bond donors (Lipinski definition) is 1. The molecular weight excluding hydrogens is 436 g/mol. The van der Waals surface area contributed by atoms with E-state index in [9.17, 15) is 4.79 Å². The summed E-state index contributed by atoms with van der Waals surface area (Å²) < 4.78 is 5.48. The second-order valence-electron chi connectivity index (χ2n) is 9.19. The van der Waals surface area contributed by atoms with E-state index in [2.05, 4.69) is 46.3 Å². The second kappa shape index (κ2) is 10.9. The molecule has 33 heavy (non-hydrogen) atoms. The fourth-order valence-corrected chi connectivity index (χ4v) is 4.49. The lowest BCUT2D eigenvalue weighted by Crippen LogP contribution is -2.43. The van der Waals surface area contributed by atoms with E-state index in [1.807, 2.05) is 42.5 Å². The van der Waals surface area contributed by atoms with Crippen molar-refractivity contribution in [3.8, 4) is 11.4 Å². The Morgan fingerprint density at radius 1 is 1.18 bits per heavy atom. The maximum atomic E-state index is 13.2. The molecule has 2 aromatic carbocycles. The minimum Gasteiger partial charge on any atom is -0.349 e. The van der Waals surface area contributed by atoms with Crippen LogP contribution in [-0.4, -0.2) is 34.0 Å². The minimum absolute atomic E-state index is 0.0342. The van der Waals surface area contributed by atoms with E-state index in [4.69, 9.17) is 16.1 Å². The van der Waals surface area contributed by atoms with Gasteiger partial charge >= 0.3 is 0 Å². The number of likely N-dealkylation sites (tertiary alicyclic amines) is 1. The average molecular weight is 467 g/mol. The highest BCUT2D eigenvalue weighted by atomic mass is 35.5. The Hall–Kier alpha value is -2.70. The lowest BCUT2D eigenvalue weighted by molar-refractivity contribution is -0.127. The van der Waals surface area contributed by atoms with Gasteiger partial charge in [-0.15, -0.1) is 0 Å². The molecule has 6 nitrogen and oxygen atoms in total. The first kappa shape index (κ1) is 23.5. The summed E-state index contributed by atoms with van der Waals surface area (Å²) in [7, 11) is 0. The van der Waals surface area contributed by atoms with Crippen LogP contribution in [-0.2, 0) is 11.3 Å². The van der Waals surface area contributed by atoms with E-state index < -0.39 is 0 Å². The van der Waals surface area contributed by atoms with E-state index in [0.29, 0.717) is 35.7 Å². The molecule has 1 aromatic heterocycles. The van der Waals surface area contributed by atoms with Gasteiger partial charge in [0.2, 0.25) is 17.6 Å². The first-order valence-electron chi connectivity index (χ1n) is 11.6. The Morgan fingerprint density at radius 3 is 2.67 bits per heavy atom. The number of amides is 1. The standard InChI is InChI=1S/C26H31ClN4O2/c1-18(2)15-23(19-7-4-3-5-8-19)28-26(32)21-9-6-14-31(16-21)17-24-29-25(30-33-24)20-10-12-22(27)13-11-20/h3-5,7-8,10-13,18,21,23H,6,9,14-17H2,1-2H3,(H,28,32). The van der Waals surface area contributed by atoms with E-state index in [0.717, 1.165) is 36.9 Å². The van der Waals surface area contributed by atoms with Gasteiger partial charge in [-0.3, -0.25) is 9.69 Å². The van der Waals surface area contributed by atoms with Crippen LogP contribution < -0.4 is 5.32 Å². The van der Waals surface area contributed by atoms with Crippen molar-refractivity contribution in [3.63, 3.8) is 0 Å². The lowest BCUT2D eigenvalue weighted by atomic mass is 9.93. The molecule has 0 bridgehead atoms. The topological polar surface area (TPSA) is 71.3 Å². The molecule has 2 unspecified atom stereocenters. The number of nitrogens with zero attached hydrogens (tertiary/aromatic N) is 3. The van der Waals surface area contributed by atoms with Gasteiger partial charge in [-0.25, -0.2) is 0 Å². The number of carbonyl (C=O) groups is 1. The summed E-state index contributed by atoms with van der Waals surface area (Å²) >= 11 is 5.96. The van der Waals surface area contributed by atoms with Crippen LogP contribution in [0.2, 0.25) is 5.02 Å². The van der Waals surface area contributed by atoms with Crippen LogP contribution in [0.15, 0.2) is 59.1 Å². The number of halogens is 1. The Kier molecular flexibility index (Phi) is 7.78. The average Bonchev–Trinajstić information content (AvgIpc) is 3.28. The smallest absolute Gasteiger partial charge is 0.241 e. The zero-order valence-electron chi connectivity index (χ0n) is 19.2. The van der Waals surface area contributed by atoms with E-state index in [-0.39, 0.29) is 17.9 Å². The Morgan fingerprint density at radius 2 is 1.94 bits per heavy atom. The van der Waals surface area contributed by atoms with Gasteiger partial charge in [0, 0.05) is 17.1 Å². The summed E-state index contributed by atoms with van der Waals surface area (Å²) in [4.78, 5) is 19.9. The quantitative estimate of drug-likeness (QED) is 0.474. The van der Waals surface area contributed by atoms with Crippen molar-refractivity contribution in [1.29, 1.82) is 0 Å². The van der Waals surface area contributed by atoms with Gasteiger partial charge in [0.25, 0.3) is 0 Å². The van der Waals surface area contributed by atoms with Crippen LogP contribution in [0.1, 0.15) is 50.6 Å². The van der Waals surface area contributed by atoms with Crippen LogP contribution in [0.4, 0.5) is 0 Å². The minimum atomic E-state index is -0.0456. The Balaban J connectivity index is 1.37. The van der Waals surface area contributed by atoms with Crippen LogP contribution >= 0.6 is 11.6 Å². The van der Waals surface area contributed by atoms with Crippen LogP contribution in [0, 0.1) is 11.8 Å². The molecule has 1 aliphatic rings. The zero-order valence-corrected chi connectivity index (χ0v) is 20.0. The molecule has 1 saturated heterocycles. The molecule has 2 atom stereocenters. The van der Waals surface area contributed by atoms with Gasteiger partial charge in [0.05, 0.1) is 18.5 Å². The zero-order chi connectivity index (χ0) is 23.2. The summed E-state index contributed by atoms with van der Waals surface area (Å²) in [5.74, 6) is 1.68. The van der Waals surface area contributed by atoms with E-state index in [1.54, 1.807) is 0 Å². The van der Waals surface area contributed by atoms with Crippen molar-refractivity contribution in [2.45, 2.75) is 45.7 Å². The number of carbonyl (C=O) groups excluding carboxylic acids is 1. The highest BCUT2D eigenvalue weighted by Crippen LogP contribution is 2.25. The lowest BCUT2D eigenvalue weighted by Gasteiger charge is -2.32.